The molecule has 0 amide bonds. The quantitative estimate of drug-likeness (QED) is 0.610. The van der Waals surface area contributed by atoms with Crippen molar-refractivity contribution >= 4 is 16.9 Å². The number of fused-ring (bicyclic) bond motifs is 1. The molecule has 2 aliphatic heterocycles. The molecule has 1 saturated heterocycles. The highest BCUT2D eigenvalue weighted by molar-refractivity contribution is 8.13. The van der Waals surface area contributed by atoms with Gasteiger partial charge in [-0.05, 0) is 6.92 Å². The normalized spacial score (nSPS) is 47.0. The predicted octanol–water partition coefficient (Wildman–Crippen LogP) is 0.843. The molecule has 0 saturated carbocycles. The van der Waals surface area contributed by atoms with Gasteiger partial charge in [-0.15, -0.1) is 0 Å². The van der Waals surface area contributed by atoms with Crippen LogP contribution in [-0.4, -0.2) is 29.7 Å². The van der Waals surface area contributed by atoms with Crippen molar-refractivity contribution in [1.82, 2.24) is 0 Å². The second kappa shape index (κ2) is 2.39. The van der Waals surface area contributed by atoms with Gasteiger partial charge < -0.3 is 10.5 Å². The Labute approximate surface area is 76.8 Å². The highest BCUT2D eigenvalue weighted by Gasteiger charge is 2.52. The molecule has 0 unspecified atom stereocenters. The molecule has 4 heteroatoms. The average molecular weight is 186 g/mol. The highest BCUT2D eigenvalue weighted by atomic mass is 32.2. The zero-order chi connectivity index (χ0) is 8.82. The molecule has 0 aliphatic carbocycles. The zero-order valence-corrected chi connectivity index (χ0v) is 8.28. The second-order valence-electron chi connectivity index (χ2n) is 4.07. The molecule has 0 aromatic rings. The van der Waals surface area contributed by atoms with Crippen molar-refractivity contribution in [3.63, 3.8) is 0 Å². The van der Waals surface area contributed by atoms with Crippen LogP contribution in [0.4, 0.5) is 0 Å². The minimum atomic E-state index is -0.0810. The number of hydrogen-bond donors (Lipinski definition) is 1. The number of nitrogens with zero attached hydrogens (tertiary/aromatic N) is 1. The van der Waals surface area contributed by atoms with E-state index in [1.807, 2.05) is 0 Å². The molecule has 68 valence electrons. The number of rotatable bonds is 0. The van der Waals surface area contributed by atoms with Crippen LogP contribution in [0.15, 0.2) is 4.99 Å². The first-order valence-corrected chi connectivity index (χ1v) is 5.10. The maximum Gasteiger partial charge on any atom is 0.154 e. The van der Waals surface area contributed by atoms with Gasteiger partial charge >= 0.3 is 0 Å². The number of ether oxygens (including phenoxy) is 1. The van der Waals surface area contributed by atoms with E-state index in [0.29, 0.717) is 11.8 Å². The van der Waals surface area contributed by atoms with Crippen LogP contribution in [0.2, 0.25) is 0 Å². The van der Waals surface area contributed by atoms with Gasteiger partial charge in [0.25, 0.3) is 0 Å². The third-order valence-corrected chi connectivity index (χ3v) is 4.17. The van der Waals surface area contributed by atoms with Gasteiger partial charge in [0.1, 0.15) is 0 Å². The molecule has 1 fully saturated rings. The van der Waals surface area contributed by atoms with E-state index < -0.39 is 0 Å². The summed E-state index contributed by atoms with van der Waals surface area (Å²) in [7, 11) is 0. The van der Waals surface area contributed by atoms with Gasteiger partial charge in [-0.25, -0.2) is 0 Å². The van der Waals surface area contributed by atoms with Crippen LogP contribution in [0.1, 0.15) is 13.8 Å². The van der Waals surface area contributed by atoms with E-state index >= 15 is 0 Å². The molecular formula is C8H14N2OS. The van der Waals surface area contributed by atoms with E-state index in [2.05, 4.69) is 18.8 Å². The Balaban J connectivity index is 2.38. The minimum Gasteiger partial charge on any atom is -0.379 e. The smallest absolute Gasteiger partial charge is 0.154 e. The van der Waals surface area contributed by atoms with Crippen LogP contribution in [-0.2, 0) is 4.74 Å². The van der Waals surface area contributed by atoms with Crippen molar-refractivity contribution in [2.45, 2.75) is 19.4 Å². The van der Waals surface area contributed by atoms with Crippen LogP contribution in [0, 0.1) is 5.41 Å². The lowest BCUT2D eigenvalue weighted by Gasteiger charge is -2.38. The predicted molar refractivity (Wildman–Crippen MR) is 51.4 cm³/mol. The number of nitrogens with two attached hydrogens (primary N) is 1. The van der Waals surface area contributed by atoms with Gasteiger partial charge in [-0.2, -0.15) is 0 Å². The molecule has 0 radical (unpaired) electrons. The molecule has 2 heterocycles. The first-order valence-electron chi connectivity index (χ1n) is 4.12. The second-order valence-corrected chi connectivity index (χ2v) is 5.06. The summed E-state index contributed by atoms with van der Waals surface area (Å²) in [6.45, 7) is 5.88. The van der Waals surface area contributed by atoms with E-state index in [0.717, 1.165) is 12.4 Å². The van der Waals surface area contributed by atoms with E-state index in [1.165, 1.54) is 0 Å². The van der Waals surface area contributed by atoms with Crippen molar-refractivity contribution in [3.8, 4) is 0 Å². The summed E-state index contributed by atoms with van der Waals surface area (Å²) in [5.41, 5.74) is 5.79. The Morgan fingerprint density at radius 2 is 2.25 bits per heavy atom. The molecule has 2 rings (SSSR count). The summed E-state index contributed by atoms with van der Waals surface area (Å²) in [5.74, 6) is 1.03. The molecule has 2 aliphatic rings. The third-order valence-electron chi connectivity index (χ3n) is 3.00. The maximum atomic E-state index is 5.69. The Kier molecular flexibility index (Phi) is 1.67. The van der Waals surface area contributed by atoms with Gasteiger partial charge in [0.2, 0.25) is 0 Å². The molecule has 3 nitrogen and oxygen atoms in total. The van der Waals surface area contributed by atoms with E-state index in [9.17, 15) is 0 Å². The standard InChI is InChI=1S/C8H14N2OS/c1-7-3-11-4-8(7,2)10-6(9)12-5-7/h3-5H2,1-2H3,(H2,9,10)/t7-,8-/m0/s1. The summed E-state index contributed by atoms with van der Waals surface area (Å²) in [6.07, 6.45) is 0. The van der Waals surface area contributed by atoms with Crippen LogP contribution < -0.4 is 5.73 Å². The number of hydrogen-bond acceptors (Lipinski definition) is 4. The molecule has 0 aromatic carbocycles. The molecular weight excluding hydrogens is 172 g/mol. The van der Waals surface area contributed by atoms with Crippen molar-refractivity contribution < 1.29 is 4.74 Å². The van der Waals surface area contributed by atoms with Crippen molar-refractivity contribution in [1.29, 1.82) is 0 Å². The Morgan fingerprint density at radius 1 is 1.50 bits per heavy atom. The molecule has 12 heavy (non-hydrogen) atoms. The van der Waals surface area contributed by atoms with Crippen molar-refractivity contribution in [2.24, 2.45) is 16.1 Å². The van der Waals surface area contributed by atoms with Crippen LogP contribution in [0.25, 0.3) is 0 Å². The summed E-state index contributed by atoms with van der Waals surface area (Å²) in [5, 5.41) is 0.709. The Morgan fingerprint density at radius 3 is 3.00 bits per heavy atom. The monoisotopic (exact) mass is 186 g/mol. The summed E-state index contributed by atoms with van der Waals surface area (Å²) in [6, 6.07) is 0. The lowest BCUT2D eigenvalue weighted by molar-refractivity contribution is 0.168. The Bertz CT molecular complexity index is 243. The minimum absolute atomic E-state index is 0.0810. The third kappa shape index (κ3) is 0.977. The summed E-state index contributed by atoms with van der Waals surface area (Å²) in [4.78, 5) is 4.48. The lowest BCUT2D eigenvalue weighted by atomic mass is 9.76. The van der Waals surface area contributed by atoms with E-state index in [1.54, 1.807) is 11.8 Å². The fourth-order valence-electron chi connectivity index (χ4n) is 1.68. The first-order chi connectivity index (χ1) is 5.56. The molecule has 0 spiro atoms. The fourth-order valence-corrected chi connectivity index (χ4v) is 2.80. The number of amidine groups is 1. The van der Waals surface area contributed by atoms with Gasteiger partial charge in [-0.3, -0.25) is 4.99 Å². The van der Waals surface area contributed by atoms with Crippen LogP contribution >= 0.6 is 11.8 Å². The average Bonchev–Trinajstić information content (AvgIpc) is 2.26. The van der Waals surface area contributed by atoms with Gasteiger partial charge in [0.05, 0.1) is 18.8 Å². The van der Waals surface area contributed by atoms with Gasteiger partial charge in [0.15, 0.2) is 5.17 Å². The van der Waals surface area contributed by atoms with Gasteiger partial charge in [0, 0.05) is 11.2 Å². The van der Waals surface area contributed by atoms with Crippen LogP contribution in [0.3, 0.4) is 0 Å². The zero-order valence-electron chi connectivity index (χ0n) is 7.46. The number of aliphatic imine (C=N–C) groups is 1. The Hall–Kier alpha value is -0.220. The van der Waals surface area contributed by atoms with E-state index in [4.69, 9.17) is 10.5 Å². The SMILES string of the molecule is C[C@@]12COC[C@]1(C)N=C(N)SC2. The summed E-state index contributed by atoms with van der Waals surface area (Å²) < 4.78 is 5.47. The lowest BCUT2D eigenvalue weighted by Crippen LogP contribution is -2.47. The van der Waals surface area contributed by atoms with Crippen molar-refractivity contribution in [2.75, 3.05) is 19.0 Å². The topological polar surface area (TPSA) is 47.6 Å². The van der Waals surface area contributed by atoms with Crippen molar-refractivity contribution in [3.05, 3.63) is 0 Å². The number of thioether (sulfide) groups is 1. The molecule has 0 aromatic heterocycles. The van der Waals surface area contributed by atoms with Gasteiger partial charge in [-0.1, -0.05) is 18.7 Å². The molecule has 0 bridgehead atoms. The highest BCUT2D eigenvalue weighted by Crippen LogP contribution is 2.45. The largest absolute Gasteiger partial charge is 0.379 e. The van der Waals surface area contributed by atoms with Crippen LogP contribution in [0.5, 0.6) is 0 Å². The molecule has 2 atom stereocenters. The summed E-state index contributed by atoms with van der Waals surface area (Å²) >= 11 is 1.64. The first kappa shape index (κ1) is 8.38. The molecule has 2 N–H and O–H groups in total. The fraction of sp³-hybridized carbons (Fsp3) is 0.875. The van der Waals surface area contributed by atoms with E-state index in [-0.39, 0.29) is 11.0 Å². The maximum absolute atomic E-state index is 5.69.